The molecule has 0 N–H and O–H groups in total. The fourth-order valence-electron chi connectivity index (χ4n) is 2.86. The number of esters is 1. The second kappa shape index (κ2) is 9.89. The van der Waals surface area contributed by atoms with E-state index in [0.29, 0.717) is 0 Å². The van der Waals surface area contributed by atoms with Gasteiger partial charge in [-0.2, -0.15) is 0 Å². The van der Waals surface area contributed by atoms with Crippen LogP contribution in [0.4, 0.5) is 0 Å². The van der Waals surface area contributed by atoms with Gasteiger partial charge in [-0.3, -0.25) is 0 Å². The summed E-state index contributed by atoms with van der Waals surface area (Å²) in [5.74, 6) is -1.22. The summed E-state index contributed by atoms with van der Waals surface area (Å²) in [7, 11) is -3.92. The molecule has 0 bridgehead atoms. The highest BCUT2D eigenvalue weighted by Gasteiger charge is 2.25. The van der Waals surface area contributed by atoms with Gasteiger partial charge in [0.2, 0.25) is 15.6 Å². The molecule has 0 aliphatic heterocycles. The predicted octanol–water partition coefficient (Wildman–Crippen LogP) is 4.67. The molecule has 0 fully saturated rings. The SMILES string of the molecule is CCOC(=O)C(=CS(=O)(=O)c1ccccc1)OC(c1ccccc1)c1ccccc1. The highest BCUT2D eigenvalue weighted by atomic mass is 32.2. The summed E-state index contributed by atoms with van der Waals surface area (Å²) in [6.45, 7) is 1.74. The van der Waals surface area contributed by atoms with E-state index in [4.69, 9.17) is 9.47 Å². The molecule has 0 spiro atoms. The Kier molecular flexibility index (Phi) is 7.03. The maximum atomic E-state index is 12.8. The van der Waals surface area contributed by atoms with E-state index in [2.05, 4.69) is 0 Å². The first-order valence-electron chi connectivity index (χ1n) is 9.47. The minimum Gasteiger partial charge on any atom is -0.473 e. The third kappa shape index (κ3) is 5.36. The molecule has 0 atom stereocenters. The minimum absolute atomic E-state index is 0.0615. The molecule has 3 aromatic carbocycles. The van der Waals surface area contributed by atoms with Crippen molar-refractivity contribution in [2.45, 2.75) is 17.9 Å². The van der Waals surface area contributed by atoms with Crippen LogP contribution in [0.1, 0.15) is 24.2 Å². The van der Waals surface area contributed by atoms with Crippen LogP contribution in [-0.4, -0.2) is 21.0 Å². The summed E-state index contributed by atoms with van der Waals surface area (Å²) in [4.78, 5) is 12.6. The quantitative estimate of drug-likeness (QED) is 0.300. The Morgan fingerprint density at radius 1 is 0.833 bits per heavy atom. The van der Waals surface area contributed by atoms with Gasteiger partial charge < -0.3 is 9.47 Å². The standard InChI is InChI=1S/C24H22O5S/c1-2-28-24(25)22(18-30(26,27)21-16-10-5-11-17-21)29-23(19-12-6-3-7-13-19)20-14-8-4-9-15-20/h3-18,23H,2H2,1H3. The predicted molar refractivity (Wildman–Crippen MR) is 114 cm³/mol. The average molecular weight is 423 g/mol. The maximum Gasteiger partial charge on any atom is 0.374 e. The van der Waals surface area contributed by atoms with Crippen molar-refractivity contribution in [3.8, 4) is 0 Å². The molecule has 5 nitrogen and oxygen atoms in total. The monoisotopic (exact) mass is 422 g/mol. The first-order valence-corrected chi connectivity index (χ1v) is 11.0. The van der Waals surface area contributed by atoms with Crippen LogP contribution in [0.15, 0.2) is 107 Å². The molecule has 0 aromatic heterocycles. The lowest BCUT2D eigenvalue weighted by Crippen LogP contribution is -2.16. The molecule has 0 aliphatic carbocycles. The van der Waals surface area contributed by atoms with E-state index in [9.17, 15) is 13.2 Å². The molecule has 30 heavy (non-hydrogen) atoms. The van der Waals surface area contributed by atoms with E-state index in [1.807, 2.05) is 60.7 Å². The summed E-state index contributed by atoms with van der Waals surface area (Å²) in [6.07, 6.45) is -0.686. The van der Waals surface area contributed by atoms with Crippen molar-refractivity contribution in [3.63, 3.8) is 0 Å². The molecule has 154 valence electrons. The Morgan fingerprint density at radius 2 is 1.30 bits per heavy atom. The number of hydrogen-bond acceptors (Lipinski definition) is 5. The van der Waals surface area contributed by atoms with E-state index in [0.717, 1.165) is 16.5 Å². The number of rotatable bonds is 8. The van der Waals surface area contributed by atoms with Crippen LogP contribution in [0, 0.1) is 0 Å². The third-order valence-electron chi connectivity index (χ3n) is 4.26. The van der Waals surface area contributed by atoms with Crippen LogP contribution in [0.25, 0.3) is 0 Å². The third-order valence-corrected chi connectivity index (χ3v) is 5.71. The van der Waals surface area contributed by atoms with E-state index in [1.54, 1.807) is 25.1 Å². The number of carbonyl (C=O) groups excluding carboxylic acids is 1. The van der Waals surface area contributed by atoms with Gasteiger partial charge in [-0.25, -0.2) is 13.2 Å². The molecule has 6 heteroatoms. The number of carbonyl (C=O) groups is 1. The van der Waals surface area contributed by atoms with Gasteiger partial charge in [0.25, 0.3) is 0 Å². The molecule has 0 amide bonds. The number of ether oxygens (including phenoxy) is 2. The van der Waals surface area contributed by atoms with E-state index >= 15 is 0 Å². The van der Waals surface area contributed by atoms with Gasteiger partial charge in [-0.1, -0.05) is 78.9 Å². The lowest BCUT2D eigenvalue weighted by Gasteiger charge is -2.21. The van der Waals surface area contributed by atoms with E-state index in [-0.39, 0.29) is 17.3 Å². The Balaban J connectivity index is 2.05. The van der Waals surface area contributed by atoms with Crippen LogP contribution >= 0.6 is 0 Å². The van der Waals surface area contributed by atoms with Gasteiger partial charge in [-0.05, 0) is 30.2 Å². The molecule has 3 aromatic rings. The Bertz CT molecular complexity index is 1050. The second-order valence-electron chi connectivity index (χ2n) is 6.38. The van der Waals surface area contributed by atoms with Gasteiger partial charge in [0.05, 0.1) is 16.9 Å². The zero-order chi connectivity index (χ0) is 21.4. The van der Waals surface area contributed by atoms with Crippen molar-refractivity contribution >= 4 is 15.8 Å². The summed E-state index contributed by atoms with van der Waals surface area (Å²) in [5.41, 5.74) is 1.55. The van der Waals surface area contributed by atoms with Gasteiger partial charge in [0.1, 0.15) is 6.10 Å². The molecule has 0 heterocycles. The van der Waals surface area contributed by atoms with Crippen molar-refractivity contribution < 1.29 is 22.7 Å². The van der Waals surface area contributed by atoms with E-state index in [1.165, 1.54) is 12.1 Å². The smallest absolute Gasteiger partial charge is 0.374 e. The number of hydrogen-bond donors (Lipinski definition) is 0. The van der Waals surface area contributed by atoms with E-state index < -0.39 is 21.9 Å². The summed E-state index contributed by atoms with van der Waals surface area (Å²) in [5, 5.41) is 0.833. The molecule has 0 saturated heterocycles. The van der Waals surface area contributed by atoms with Crippen LogP contribution in [0.3, 0.4) is 0 Å². The zero-order valence-corrected chi connectivity index (χ0v) is 17.3. The highest BCUT2D eigenvalue weighted by molar-refractivity contribution is 7.94. The molecule has 0 radical (unpaired) electrons. The normalized spacial score (nSPS) is 11.9. The number of benzene rings is 3. The first kappa shape index (κ1) is 21.3. The van der Waals surface area contributed by atoms with Crippen LogP contribution < -0.4 is 0 Å². The maximum absolute atomic E-state index is 12.8. The van der Waals surface area contributed by atoms with Crippen LogP contribution in [-0.2, 0) is 24.1 Å². The number of sulfone groups is 1. The first-order chi connectivity index (χ1) is 14.5. The fraction of sp³-hybridized carbons (Fsp3) is 0.125. The molecular weight excluding hydrogens is 400 g/mol. The molecular formula is C24H22O5S. The minimum atomic E-state index is -3.92. The van der Waals surface area contributed by atoms with Gasteiger partial charge in [0, 0.05) is 0 Å². The Hall–Kier alpha value is -3.38. The molecule has 0 saturated carbocycles. The van der Waals surface area contributed by atoms with Crippen LogP contribution in [0.5, 0.6) is 0 Å². The second-order valence-corrected chi connectivity index (χ2v) is 8.18. The molecule has 0 aliphatic rings. The lowest BCUT2D eigenvalue weighted by atomic mass is 10.0. The summed E-state index contributed by atoms with van der Waals surface area (Å²) >= 11 is 0. The largest absolute Gasteiger partial charge is 0.473 e. The molecule has 3 rings (SSSR count). The topological polar surface area (TPSA) is 69.7 Å². The van der Waals surface area contributed by atoms with Crippen molar-refractivity contribution in [1.29, 1.82) is 0 Å². The van der Waals surface area contributed by atoms with Gasteiger partial charge in [0.15, 0.2) is 0 Å². The molecule has 0 unspecified atom stereocenters. The van der Waals surface area contributed by atoms with Gasteiger partial charge in [-0.15, -0.1) is 0 Å². The Labute approximate surface area is 176 Å². The van der Waals surface area contributed by atoms with Crippen molar-refractivity contribution in [3.05, 3.63) is 113 Å². The zero-order valence-electron chi connectivity index (χ0n) is 16.5. The average Bonchev–Trinajstić information content (AvgIpc) is 2.78. The van der Waals surface area contributed by atoms with Gasteiger partial charge >= 0.3 is 5.97 Å². The fourth-order valence-corrected chi connectivity index (χ4v) is 3.96. The van der Waals surface area contributed by atoms with Crippen molar-refractivity contribution in [2.75, 3.05) is 6.61 Å². The Morgan fingerprint density at radius 3 is 1.77 bits per heavy atom. The summed E-state index contributed by atoms with van der Waals surface area (Å²) in [6, 6.07) is 26.4. The summed E-state index contributed by atoms with van der Waals surface area (Å²) < 4.78 is 36.7. The highest BCUT2D eigenvalue weighted by Crippen LogP contribution is 2.29. The van der Waals surface area contributed by atoms with Crippen molar-refractivity contribution in [1.82, 2.24) is 0 Å². The van der Waals surface area contributed by atoms with Crippen LogP contribution in [0.2, 0.25) is 0 Å². The lowest BCUT2D eigenvalue weighted by molar-refractivity contribution is -0.143. The van der Waals surface area contributed by atoms with Crippen molar-refractivity contribution in [2.24, 2.45) is 0 Å².